The quantitative estimate of drug-likeness (QED) is 0.615. The molecule has 0 spiro atoms. The number of hydrogen-bond donors (Lipinski definition) is 1. The van der Waals surface area contributed by atoms with Gasteiger partial charge in [-0.25, -0.2) is 4.39 Å². The van der Waals surface area contributed by atoms with Crippen LogP contribution in [0, 0.1) is 11.7 Å². The standard InChI is InChI=1S/C22H23ClFN3O2S/c1-2-27-19-6-5-17(12-20(19)30-22(27)29)25-21(28)14-7-9-26(10-8-14)13-15-3-4-16(23)11-18(15)24/h3-6,11-12,14H,2,7-10,13H2,1H3,(H,25,28). The molecule has 1 aromatic heterocycles. The van der Waals surface area contributed by atoms with E-state index in [1.807, 2.05) is 25.1 Å². The summed E-state index contributed by atoms with van der Waals surface area (Å²) in [4.78, 5) is 26.9. The maximum atomic E-state index is 14.0. The number of piperidine rings is 1. The minimum Gasteiger partial charge on any atom is -0.326 e. The lowest BCUT2D eigenvalue weighted by molar-refractivity contribution is -0.121. The van der Waals surface area contributed by atoms with Gasteiger partial charge in [-0.1, -0.05) is 29.0 Å². The van der Waals surface area contributed by atoms with Gasteiger partial charge in [-0.2, -0.15) is 0 Å². The highest BCUT2D eigenvalue weighted by Gasteiger charge is 2.25. The summed E-state index contributed by atoms with van der Waals surface area (Å²) in [5, 5.41) is 3.39. The highest BCUT2D eigenvalue weighted by Crippen LogP contribution is 2.25. The van der Waals surface area contributed by atoms with Gasteiger partial charge in [0.25, 0.3) is 0 Å². The number of aryl methyl sites for hydroxylation is 1. The number of aromatic nitrogens is 1. The SMILES string of the molecule is CCn1c(=O)sc2cc(NC(=O)C3CCN(Cc4ccc(Cl)cc4F)CC3)ccc21. The van der Waals surface area contributed by atoms with Crippen LogP contribution in [0.3, 0.4) is 0 Å². The smallest absolute Gasteiger partial charge is 0.308 e. The molecule has 1 N–H and O–H groups in total. The maximum absolute atomic E-state index is 14.0. The number of fused-ring (bicyclic) bond motifs is 1. The van der Waals surface area contributed by atoms with Crippen LogP contribution in [-0.4, -0.2) is 28.5 Å². The summed E-state index contributed by atoms with van der Waals surface area (Å²) in [7, 11) is 0. The fourth-order valence-electron chi connectivity index (χ4n) is 3.93. The molecule has 1 fully saturated rings. The molecule has 1 amide bonds. The number of likely N-dealkylation sites (tertiary alicyclic amines) is 1. The summed E-state index contributed by atoms with van der Waals surface area (Å²) in [5.41, 5.74) is 2.23. The molecule has 158 valence electrons. The first kappa shape index (κ1) is 21.0. The van der Waals surface area contributed by atoms with Gasteiger partial charge in [0.05, 0.1) is 10.2 Å². The molecule has 0 unspecified atom stereocenters. The number of benzene rings is 2. The van der Waals surface area contributed by atoms with Gasteiger partial charge in [0, 0.05) is 35.3 Å². The molecule has 1 aliphatic heterocycles. The third kappa shape index (κ3) is 4.43. The van der Waals surface area contributed by atoms with Crippen LogP contribution in [0.5, 0.6) is 0 Å². The van der Waals surface area contributed by atoms with Gasteiger partial charge in [-0.15, -0.1) is 0 Å². The van der Waals surface area contributed by atoms with E-state index in [9.17, 15) is 14.0 Å². The number of anilines is 1. The molecule has 0 atom stereocenters. The normalized spacial score (nSPS) is 15.6. The van der Waals surface area contributed by atoms with Crippen molar-refractivity contribution in [2.75, 3.05) is 18.4 Å². The summed E-state index contributed by atoms with van der Waals surface area (Å²) in [6.07, 6.45) is 1.45. The van der Waals surface area contributed by atoms with Gasteiger partial charge < -0.3 is 5.32 Å². The zero-order chi connectivity index (χ0) is 21.3. The Hall–Kier alpha value is -2.22. The van der Waals surface area contributed by atoms with Gasteiger partial charge in [-0.05, 0) is 63.2 Å². The second-order valence-electron chi connectivity index (χ2n) is 7.57. The van der Waals surface area contributed by atoms with Crippen LogP contribution in [0.25, 0.3) is 10.2 Å². The summed E-state index contributed by atoms with van der Waals surface area (Å²) in [6.45, 7) is 4.56. The van der Waals surface area contributed by atoms with E-state index in [0.29, 0.717) is 29.4 Å². The van der Waals surface area contributed by atoms with Crippen LogP contribution in [0.4, 0.5) is 10.1 Å². The van der Waals surface area contributed by atoms with Crippen molar-refractivity contribution in [3.8, 4) is 0 Å². The van der Waals surface area contributed by atoms with Crippen LogP contribution in [-0.2, 0) is 17.9 Å². The van der Waals surface area contributed by atoms with Gasteiger partial charge >= 0.3 is 4.87 Å². The third-order valence-electron chi connectivity index (χ3n) is 5.62. The zero-order valence-corrected chi connectivity index (χ0v) is 18.2. The average Bonchev–Trinajstić information content (AvgIpc) is 3.04. The Kier molecular flexibility index (Phi) is 6.22. The molecule has 0 saturated carbocycles. The van der Waals surface area contributed by atoms with E-state index in [-0.39, 0.29) is 22.5 Å². The van der Waals surface area contributed by atoms with Crippen LogP contribution in [0.15, 0.2) is 41.2 Å². The van der Waals surface area contributed by atoms with Crippen LogP contribution < -0.4 is 10.2 Å². The largest absolute Gasteiger partial charge is 0.326 e. The predicted octanol–water partition coefficient (Wildman–Crippen LogP) is 4.73. The summed E-state index contributed by atoms with van der Waals surface area (Å²) in [5.74, 6) is -0.378. The number of nitrogens with zero attached hydrogens (tertiary/aromatic N) is 2. The molecule has 30 heavy (non-hydrogen) atoms. The van der Waals surface area contributed by atoms with E-state index in [2.05, 4.69) is 10.2 Å². The highest BCUT2D eigenvalue weighted by atomic mass is 35.5. The highest BCUT2D eigenvalue weighted by molar-refractivity contribution is 7.16. The molecule has 2 aromatic carbocycles. The molecule has 2 heterocycles. The zero-order valence-electron chi connectivity index (χ0n) is 16.7. The summed E-state index contributed by atoms with van der Waals surface area (Å²) < 4.78 is 16.6. The van der Waals surface area contributed by atoms with Crippen molar-refractivity contribution >= 4 is 44.7 Å². The second-order valence-corrected chi connectivity index (χ2v) is 9.00. The Balaban J connectivity index is 1.35. The van der Waals surface area contributed by atoms with Crippen molar-refractivity contribution in [2.45, 2.75) is 32.9 Å². The monoisotopic (exact) mass is 447 g/mol. The van der Waals surface area contributed by atoms with Gasteiger partial charge in [-0.3, -0.25) is 19.1 Å². The van der Waals surface area contributed by atoms with Crippen molar-refractivity contribution in [3.63, 3.8) is 0 Å². The molecule has 3 aromatic rings. The van der Waals surface area contributed by atoms with Gasteiger partial charge in [0.1, 0.15) is 5.82 Å². The lowest BCUT2D eigenvalue weighted by atomic mass is 9.95. The van der Waals surface area contributed by atoms with Crippen LogP contribution in [0.1, 0.15) is 25.3 Å². The second kappa shape index (κ2) is 8.88. The van der Waals surface area contributed by atoms with Gasteiger partial charge in [0.15, 0.2) is 0 Å². The van der Waals surface area contributed by atoms with Crippen molar-refractivity contribution in [1.29, 1.82) is 0 Å². The minimum atomic E-state index is -0.294. The summed E-state index contributed by atoms with van der Waals surface area (Å²) >= 11 is 7.01. The molecule has 1 saturated heterocycles. The van der Waals surface area contributed by atoms with E-state index in [4.69, 9.17) is 11.6 Å². The van der Waals surface area contributed by atoms with Gasteiger partial charge in [0.2, 0.25) is 5.91 Å². The predicted molar refractivity (Wildman–Crippen MR) is 120 cm³/mol. The molecular weight excluding hydrogens is 425 g/mol. The molecule has 0 radical (unpaired) electrons. The number of rotatable bonds is 5. The fourth-order valence-corrected chi connectivity index (χ4v) is 5.09. The summed E-state index contributed by atoms with van der Waals surface area (Å²) in [6, 6.07) is 10.3. The maximum Gasteiger partial charge on any atom is 0.308 e. The first-order valence-corrected chi connectivity index (χ1v) is 11.2. The first-order chi connectivity index (χ1) is 14.4. The molecule has 8 heteroatoms. The molecule has 5 nitrogen and oxygen atoms in total. The lowest BCUT2D eigenvalue weighted by Crippen LogP contribution is -2.37. The number of carbonyl (C=O) groups excluding carboxylic acids is 1. The molecule has 0 aliphatic carbocycles. The Morgan fingerprint density at radius 2 is 2.00 bits per heavy atom. The van der Waals surface area contributed by atoms with E-state index < -0.39 is 0 Å². The Morgan fingerprint density at radius 1 is 1.23 bits per heavy atom. The minimum absolute atomic E-state index is 0.00561. The topological polar surface area (TPSA) is 54.3 Å². The van der Waals surface area contributed by atoms with Crippen LogP contribution >= 0.6 is 22.9 Å². The average molecular weight is 448 g/mol. The number of halogens is 2. The molecular formula is C22H23ClFN3O2S. The number of amides is 1. The molecule has 4 rings (SSSR count). The van der Waals surface area contributed by atoms with E-state index >= 15 is 0 Å². The lowest BCUT2D eigenvalue weighted by Gasteiger charge is -2.31. The number of carbonyl (C=O) groups is 1. The Morgan fingerprint density at radius 3 is 2.70 bits per heavy atom. The van der Waals surface area contributed by atoms with Crippen molar-refractivity contribution < 1.29 is 9.18 Å². The Labute approximate surface area is 183 Å². The third-order valence-corrected chi connectivity index (χ3v) is 6.80. The van der Waals surface area contributed by atoms with E-state index in [0.717, 1.165) is 36.1 Å². The number of nitrogens with one attached hydrogen (secondary N) is 1. The van der Waals surface area contributed by atoms with Crippen molar-refractivity contribution in [2.24, 2.45) is 5.92 Å². The molecule has 1 aliphatic rings. The number of hydrogen-bond acceptors (Lipinski definition) is 4. The van der Waals surface area contributed by atoms with Crippen LogP contribution in [0.2, 0.25) is 5.02 Å². The van der Waals surface area contributed by atoms with Crippen molar-refractivity contribution in [3.05, 3.63) is 62.5 Å². The van der Waals surface area contributed by atoms with E-state index in [1.54, 1.807) is 16.7 Å². The number of thiazole rings is 1. The van der Waals surface area contributed by atoms with E-state index in [1.165, 1.54) is 17.4 Å². The first-order valence-electron chi connectivity index (χ1n) is 10.0. The Bertz CT molecular complexity index is 1140. The fraction of sp³-hybridized carbons (Fsp3) is 0.364. The molecule has 0 bridgehead atoms. The van der Waals surface area contributed by atoms with Crippen molar-refractivity contribution in [1.82, 2.24) is 9.47 Å².